The molecular formula is C23H30N4O5. The Morgan fingerprint density at radius 2 is 2.09 bits per heavy atom. The lowest BCUT2D eigenvalue weighted by Gasteiger charge is -2.58. The van der Waals surface area contributed by atoms with Crippen LogP contribution in [0.4, 0.5) is 0 Å². The number of aliphatic imine (C=N–C) groups is 1. The van der Waals surface area contributed by atoms with E-state index in [4.69, 9.17) is 5.73 Å². The lowest BCUT2D eigenvalue weighted by molar-refractivity contribution is -0.190. The number of carboxylic acids is 2. The molecule has 2 aliphatic heterocycles. The van der Waals surface area contributed by atoms with Crippen LogP contribution in [-0.4, -0.2) is 63.5 Å². The number of rotatable bonds is 8. The first-order valence-electron chi connectivity index (χ1n) is 11.2. The summed E-state index contributed by atoms with van der Waals surface area (Å²) in [5.41, 5.74) is 6.34. The number of hydrogen-bond acceptors (Lipinski definition) is 5. The highest BCUT2D eigenvalue weighted by Crippen LogP contribution is 2.63. The van der Waals surface area contributed by atoms with Crippen molar-refractivity contribution in [1.82, 2.24) is 10.2 Å². The molecule has 4 rings (SSSR count). The van der Waals surface area contributed by atoms with Crippen LogP contribution < -0.4 is 11.1 Å². The third kappa shape index (κ3) is 3.54. The molecule has 0 bridgehead atoms. The maximum absolute atomic E-state index is 13.6. The topological polar surface area (TPSA) is 145 Å². The van der Waals surface area contributed by atoms with Crippen molar-refractivity contribution in [1.29, 1.82) is 0 Å². The number of nitrogens with one attached hydrogen (secondary N) is 1. The molecule has 2 unspecified atom stereocenters. The average molecular weight is 443 g/mol. The van der Waals surface area contributed by atoms with E-state index in [-0.39, 0.29) is 11.9 Å². The summed E-state index contributed by atoms with van der Waals surface area (Å²) in [6.45, 7) is 2.10. The number of carboxylic acid groups (broad SMARTS) is 2. The molecule has 32 heavy (non-hydrogen) atoms. The molecule has 9 heteroatoms. The third-order valence-electron chi connectivity index (χ3n) is 7.20. The summed E-state index contributed by atoms with van der Waals surface area (Å²) < 4.78 is 0. The van der Waals surface area contributed by atoms with Gasteiger partial charge in [0.1, 0.15) is 11.5 Å². The van der Waals surface area contributed by atoms with Gasteiger partial charge >= 0.3 is 11.9 Å². The van der Waals surface area contributed by atoms with Gasteiger partial charge in [-0.15, -0.1) is 0 Å². The molecule has 0 radical (unpaired) electrons. The molecule has 9 nitrogen and oxygen atoms in total. The summed E-state index contributed by atoms with van der Waals surface area (Å²) in [4.78, 5) is 43.7. The van der Waals surface area contributed by atoms with Gasteiger partial charge in [-0.1, -0.05) is 30.7 Å². The Balaban J connectivity index is 1.61. The Hall–Kier alpha value is -2.94. The Kier molecular flexibility index (Phi) is 5.94. The zero-order valence-electron chi connectivity index (χ0n) is 18.2. The van der Waals surface area contributed by atoms with Gasteiger partial charge in [0.05, 0.1) is 24.0 Å². The van der Waals surface area contributed by atoms with Crippen molar-refractivity contribution < 1.29 is 24.6 Å². The van der Waals surface area contributed by atoms with E-state index in [0.717, 1.165) is 17.5 Å². The van der Waals surface area contributed by atoms with E-state index in [1.54, 1.807) is 11.8 Å². The highest BCUT2D eigenvalue weighted by atomic mass is 16.4. The summed E-state index contributed by atoms with van der Waals surface area (Å²) in [6, 6.07) is 5.07. The summed E-state index contributed by atoms with van der Waals surface area (Å²) in [7, 11) is 0. The van der Waals surface area contributed by atoms with Gasteiger partial charge in [0.25, 0.3) is 0 Å². The third-order valence-corrected chi connectivity index (χ3v) is 7.20. The molecule has 1 saturated heterocycles. The zero-order chi connectivity index (χ0) is 23.0. The molecule has 1 amide bonds. The van der Waals surface area contributed by atoms with Gasteiger partial charge in [-0.2, -0.15) is 0 Å². The number of carbonyl (C=O) groups is 3. The van der Waals surface area contributed by atoms with E-state index < -0.39 is 35.5 Å². The highest BCUT2D eigenvalue weighted by molar-refractivity contribution is 5.91. The number of benzene rings is 1. The molecule has 2 fully saturated rings. The van der Waals surface area contributed by atoms with Crippen LogP contribution >= 0.6 is 0 Å². The average Bonchev–Trinajstić information content (AvgIpc) is 3.05. The smallest absolute Gasteiger partial charge is 0.320 e. The standard InChI is InChI=1S/C23H30N4O5/c1-13(24)25-11-5-8-16(21(29)30)26-17-12-14-6-2-3-7-15(14)19-23(22(31)32)10-4-9-18(23)27(19)20(17)28/h2-3,6-7,16-19,26H,4-5,8-12H2,1H3,(H2,24,25)(H,29,30)(H,31,32)/t16-,17-,18?,19?,23+/m0/s1. The lowest BCUT2D eigenvalue weighted by Crippen LogP contribution is -2.70. The van der Waals surface area contributed by atoms with Crippen LogP contribution in [0.15, 0.2) is 29.3 Å². The van der Waals surface area contributed by atoms with Gasteiger partial charge in [-0.25, -0.2) is 0 Å². The largest absolute Gasteiger partial charge is 0.481 e. The molecule has 0 aromatic heterocycles. The number of hydrogen-bond donors (Lipinski definition) is 4. The van der Waals surface area contributed by atoms with Crippen LogP contribution in [0.2, 0.25) is 0 Å². The van der Waals surface area contributed by atoms with Crippen LogP contribution in [0.1, 0.15) is 56.2 Å². The van der Waals surface area contributed by atoms with Gasteiger partial charge in [0, 0.05) is 6.54 Å². The van der Waals surface area contributed by atoms with Crippen molar-refractivity contribution >= 4 is 23.7 Å². The zero-order valence-corrected chi connectivity index (χ0v) is 18.2. The second kappa shape index (κ2) is 8.54. The normalized spacial score (nSPS) is 29.9. The second-order valence-electron chi connectivity index (χ2n) is 9.08. The van der Waals surface area contributed by atoms with E-state index in [0.29, 0.717) is 44.5 Å². The fourth-order valence-electron chi connectivity index (χ4n) is 5.81. The number of nitrogens with two attached hydrogens (primary N) is 1. The molecule has 3 aliphatic rings. The Morgan fingerprint density at radius 1 is 1.34 bits per heavy atom. The van der Waals surface area contributed by atoms with Gasteiger partial charge in [-0.05, 0) is 50.2 Å². The highest BCUT2D eigenvalue weighted by Gasteiger charge is 2.70. The summed E-state index contributed by atoms with van der Waals surface area (Å²) >= 11 is 0. The number of amidine groups is 1. The van der Waals surface area contributed by atoms with Crippen LogP contribution in [0.5, 0.6) is 0 Å². The number of nitrogens with zero attached hydrogens (tertiary/aromatic N) is 2. The van der Waals surface area contributed by atoms with Crippen LogP contribution in [0.25, 0.3) is 0 Å². The van der Waals surface area contributed by atoms with Crippen molar-refractivity contribution in [2.45, 2.75) is 69.6 Å². The minimum atomic E-state index is -1.02. The van der Waals surface area contributed by atoms with Gasteiger partial charge in [-0.3, -0.25) is 24.7 Å². The molecular weight excluding hydrogens is 412 g/mol. The van der Waals surface area contributed by atoms with Crippen LogP contribution in [0.3, 0.4) is 0 Å². The van der Waals surface area contributed by atoms with Crippen molar-refractivity contribution in [3.05, 3.63) is 35.4 Å². The van der Waals surface area contributed by atoms with E-state index in [1.165, 1.54) is 0 Å². The molecule has 1 aromatic carbocycles. The SMILES string of the molecule is CC(N)=NCCC[C@H](N[C@H]1Cc2ccccc2C2N(C1=O)C1CCC[C@@]12C(=O)O)C(=O)O. The molecule has 5 atom stereocenters. The molecule has 5 N–H and O–H groups in total. The Morgan fingerprint density at radius 3 is 2.78 bits per heavy atom. The molecule has 1 aliphatic carbocycles. The summed E-state index contributed by atoms with van der Waals surface area (Å²) in [6.07, 6.45) is 3.12. The molecule has 2 heterocycles. The lowest BCUT2D eigenvalue weighted by atomic mass is 9.63. The minimum absolute atomic E-state index is 0.211. The summed E-state index contributed by atoms with van der Waals surface area (Å²) in [5.74, 6) is -1.64. The molecule has 1 aromatic rings. The van der Waals surface area contributed by atoms with E-state index in [9.17, 15) is 24.6 Å². The van der Waals surface area contributed by atoms with E-state index in [1.807, 2.05) is 24.3 Å². The van der Waals surface area contributed by atoms with Gasteiger partial charge in [0.15, 0.2) is 0 Å². The van der Waals surface area contributed by atoms with Gasteiger partial charge < -0.3 is 20.8 Å². The fourth-order valence-corrected chi connectivity index (χ4v) is 5.81. The second-order valence-corrected chi connectivity index (χ2v) is 9.08. The number of aliphatic carboxylic acids is 2. The quantitative estimate of drug-likeness (QED) is 0.270. The first-order valence-corrected chi connectivity index (χ1v) is 11.2. The number of fused-ring (bicyclic) bond motifs is 6. The predicted molar refractivity (Wildman–Crippen MR) is 117 cm³/mol. The first-order chi connectivity index (χ1) is 15.3. The maximum atomic E-state index is 13.6. The fraction of sp³-hybridized carbons (Fsp3) is 0.565. The maximum Gasteiger partial charge on any atom is 0.320 e. The monoisotopic (exact) mass is 442 g/mol. The number of amides is 1. The minimum Gasteiger partial charge on any atom is -0.481 e. The Labute approximate surface area is 186 Å². The van der Waals surface area contributed by atoms with Crippen molar-refractivity contribution in [3.8, 4) is 0 Å². The molecule has 172 valence electrons. The predicted octanol–water partition coefficient (Wildman–Crippen LogP) is 1.32. The Bertz CT molecular complexity index is 959. The van der Waals surface area contributed by atoms with Crippen molar-refractivity contribution in [2.24, 2.45) is 16.1 Å². The van der Waals surface area contributed by atoms with Crippen molar-refractivity contribution in [3.63, 3.8) is 0 Å². The molecule has 1 saturated carbocycles. The summed E-state index contributed by atoms with van der Waals surface area (Å²) in [5, 5.41) is 22.9. The number of carbonyl (C=O) groups excluding carboxylic acids is 1. The van der Waals surface area contributed by atoms with E-state index in [2.05, 4.69) is 10.3 Å². The van der Waals surface area contributed by atoms with Crippen molar-refractivity contribution in [2.75, 3.05) is 6.54 Å². The first kappa shape index (κ1) is 22.3. The van der Waals surface area contributed by atoms with Gasteiger partial charge in [0.2, 0.25) is 5.91 Å². The van der Waals surface area contributed by atoms with Crippen LogP contribution in [0, 0.1) is 5.41 Å². The van der Waals surface area contributed by atoms with Crippen LogP contribution in [-0.2, 0) is 20.8 Å². The molecule has 0 spiro atoms. The van der Waals surface area contributed by atoms with E-state index >= 15 is 0 Å².